The predicted octanol–water partition coefficient (Wildman–Crippen LogP) is 3.52. The maximum Gasteiger partial charge on any atom is 0.0507 e. The minimum atomic E-state index is 0.244. The van der Waals surface area contributed by atoms with Crippen LogP contribution in [-0.2, 0) is 0 Å². The number of nitrogens with two attached hydrogens (primary N) is 1. The van der Waals surface area contributed by atoms with Gasteiger partial charge in [0.25, 0.3) is 0 Å². The molecule has 1 aromatic heterocycles. The van der Waals surface area contributed by atoms with E-state index in [2.05, 4.69) is 30.1 Å². The van der Waals surface area contributed by atoms with Crippen molar-refractivity contribution in [2.45, 2.75) is 19.3 Å². The van der Waals surface area contributed by atoms with Crippen molar-refractivity contribution < 1.29 is 0 Å². The predicted molar refractivity (Wildman–Crippen MR) is 75.9 cm³/mol. The monoisotopic (exact) mass is 260 g/mol. The second-order valence-corrected chi connectivity index (χ2v) is 4.82. The molecule has 0 bridgehead atoms. The van der Waals surface area contributed by atoms with Crippen LogP contribution in [0.1, 0.15) is 29.2 Å². The van der Waals surface area contributed by atoms with E-state index in [0.29, 0.717) is 6.54 Å². The summed E-state index contributed by atoms with van der Waals surface area (Å²) in [5, 5.41) is 0.753. The van der Waals surface area contributed by atoms with Gasteiger partial charge in [0, 0.05) is 17.1 Å². The molecule has 18 heavy (non-hydrogen) atoms. The molecule has 0 fully saturated rings. The second kappa shape index (κ2) is 5.98. The van der Waals surface area contributed by atoms with Gasteiger partial charge >= 0.3 is 0 Å². The lowest BCUT2D eigenvalue weighted by molar-refractivity contribution is 0.700. The zero-order valence-electron chi connectivity index (χ0n) is 10.4. The normalized spacial score (nSPS) is 12.4. The topological polar surface area (TPSA) is 38.9 Å². The minimum absolute atomic E-state index is 0.244. The van der Waals surface area contributed by atoms with Gasteiger partial charge in [-0.3, -0.25) is 4.98 Å². The molecule has 0 amide bonds. The van der Waals surface area contributed by atoms with Gasteiger partial charge in [0.15, 0.2) is 0 Å². The molecule has 94 valence electrons. The van der Waals surface area contributed by atoms with Gasteiger partial charge in [0.2, 0.25) is 0 Å². The van der Waals surface area contributed by atoms with Crippen molar-refractivity contribution >= 4 is 11.6 Å². The van der Waals surface area contributed by atoms with Crippen LogP contribution < -0.4 is 5.73 Å². The van der Waals surface area contributed by atoms with Crippen molar-refractivity contribution in [2.24, 2.45) is 5.73 Å². The molecule has 3 heteroatoms. The summed E-state index contributed by atoms with van der Waals surface area (Å²) >= 11 is 5.93. The average molecular weight is 261 g/mol. The first kappa shape index (κ1) is 13.1. The third kappa shape index (κ3) is 2.89. The van der Waals surface area contributed by atoms with Crippen LogP contribution in [0.5, 0.6) is 0 Å². The number of aromatic nitrogens is 1. The SMILES string of the molecule is Cc1cccnc1C(CCN)c1ccc(Cl)cc1. The van der Waals surface area contributed by atoms with Crippen LogP contribution in [0.2, 0.25) is 5.02 Å². The number of halogens is 1. The van der Waals surface area contributed by atoms with Crippen LogP contribution in [0.3, 0.4) is 0 Å². The number of rotatable bonds is 4. The number of hydrogen-bond donors (Lipinski definition) is 1. The van der Waals surface area contributed by atoms with Gasteiger partial charge in [0.05, 0.1) is 5.69 Å². The van der Waals surface area contributed by atoms with E-state index in [1.54, 1.807) is 0 Å². The van der Waals surface area contributed by atoms with Crippen molar-refractivity contribution in [3.05, 3.63) is 64.4 Å². The summed E-state index contributed by atoms with van der Waals surface area (Å²) in [6.45, 7) is 2.73. The van der Waals surface area contributed by atoms with Crippen molar-refractivity contribution in [3.63, 3.8) is 0 Å². The summed E-state index contributed by atoms with van der Waals surface area (Å²) in [5.74, 6) is 0.244. The molecule has 0 aliphatic heterocycles. The molecule has 0 saturated heterocycles. The molecule has 0 saturated carbocycles. The Balaban J connectivity index is 2.40. The van der Waals surface area contributed by atoms with Gasteiger partial charge in [-0.15, -0.1) is 0 Å². The van der Waals surface area contributed by atoms with Gasteiger partial charge < -0.3 is 5.73 Å². The van der Waals surface area contributed by atoms with Gasteiger partial charge in [-0.05, 0) is 49.2 Å². The standard InChI is InChI=1S/C15H17ClN2/c1-11-3-2-10-18-15(11)14(8-9-17)12-4-6-13(16)7-5-12/h2-7,10,14H,8-9,17H2,1H3. The lowest BCUT2D eigenvalue weighted by Gasteiger charge is -2.18. The zero-order chi connectivity index (χ0) is 13.0. The Morgan fingerprint density at radius 1 is 1.22 bits per heavy atom. The summed E-state index contributed by atoms with van der Waals surface area (Å²) in [4.78, 5) is 4.51. The third-order valence-electron chi connectivity index (χ3n) is 3.11. The lowest BCUT2D eigenvalue weighted by atomic mass is 9.90. The summed E-state index contributed by atoms with van der Waals surface area (Å²) in [5.41, 5.74) is 9.25. The largest absolute Gasteiger partial charge is 0.330 e. The molecular formula is C15H17ClN2. The van der Waals surface area contributed by atoms with Crippen LogP contribution >= 0.6 is 11.6 Å². The second-order valence-electron chi connectivity index (χ2n) is 4.39. The summed E-state index contributed by atoms with van der Waals surface area (Å²) in [7, 11) is 0. The van der Waals surface area contributed by atoms with Crippen molar-refractivity contribution in [3.8, 4) is 0 Å². The van der Waals surface area contributed by atoms with Crippen LogP contribution in [0, 0.1) is 6.92 Å². The van der Waals surface area contributed by atoms with Crippen LogP contribution in [0.25, 0.3) is 0 Å². The van der Waals surface area contributed by atoms with E-state index < -0.39 is 0 Å². The number of pyridine rings is 1. The molecule has 0 aliphatic rings. The smallest absolute Gasteiger partial charge is 0.0507 e. The van der Waals surface area contributed by atoms with E-state index in [9.17, 15) is 0 Å². The van der Waals surface area contributed by atoms with Crippen LogP contribution in [0.4, 0.5) is 0 Å². The fourth-order valence-electron chi connectivity index (χ4n) is 2.19. The van der Waals surface area contributed by atoms with E-state index in [1.165, 1.54) is 11.1 Å². The molecule has 0 aliphatic carbocycles. The molecular weight excluding hydrogens is 244 g/mol. The first-order valence-corrected chi connectivity index (χ1v) is 6.47. The Morgan fingerprint density at radius 3 is 2.56 bits per heavy atom. The lowest BCUT2D eigenvalue weighted by Crippen LogP contribution is -2.11. The minimum Gasteiger partial charge on any atom is -0.330 e. The fraction of sp³-hybridized carbons (Fsp3) is 0.267. The Bertz CT molecular complexity index is 508. The Hall–Kier alpha value is -1.38. The highest BCUT2D eigenvalue weighted by Crippen LogP contribution is 2.28. The number of benzene rings is 1. The number of hydrogen-bond acceptors (Lipinski definition) is 2. The highest BCUT2D eigenvalue weighted by molar-refractivity contribution is 6.30. The molecule has 1 heterocycles. The summed E-state index contributed by atoms with van der Waals surface area (Å²) in [6.07, 6.45) is 2.72. The van der Waals surface area contributed by atoms with E-state index in [4.69, 9.17) is 17.3 Å². The first-order chi connectivity index (χ1) is 8.72. The maximum absolute atomic E-state index is 5.93. The number of aryl methyl sites for hydroxylation is 1. The van der Waals surface area contributed by atoms with Crippen molar-refractivity contribution in [1.82, 2.24) is 4.98 Å². The van der Waals surface area contributed by atoms with E-state index in [0.717, 1.165) is 17.1 Å². The molecule has 0 spiro atoms. The zero-order valence-corrected chi connectivity index (χ0v) is 11.2. The molecule has 2 nitrogen and oxygen atoms in total. The molecule has 1 atom stereocenters. The third-order valence-corrected chi connectivity index (χ3v) is 3.36. The van der Waals surface area contributed by atoms with Crippen LogP contribution in [-0.4, -0.2) is 11.5 Å². The fourth-order valence-corrected chi connectivity index (χ4v) is 2.31. The quantitative estimate of drug-likeness (QED) is 0.914. The molecule has 1 aromatic carbocycles. The molecule has 2 N–H and O–H groups in total. The van der Waals surface area contributed by atoms with E-state index >= 15 is 0 Å². The molecule has 2 rings (SSSR count). The number of nitrogens with zero attached hydrogens (tertiary/aromatic N) is 1. The molecule has 0 radical (unpaired) electrons. The Kier molecular flexibility index (Phi) is 4.34. The van der Waals surface area contributed by atoms with Crippen LogP contribution in [0.15, 0.2) is 42.6 Å². The first-order valence-electron chi connectivity index (χ1n) is 6.09. The summed E-state index contributed by atoms with van der Waals surface area (Å²) in [6, 6.07) is 12.0. The van der Waals surface area contributed by atoms with Gasteiger partial charge in [-0.1, -0.05) is 29.8 Å². The van der Waals surface area contributed by atoms with Crippen molar-refractivity contribution in [2.75, 3.05) is 6.54 Å². The van der Waals surface area contributed by atoms with Gasteiger partial charge in [-0.25, -0.2) is 0 Å². The van der Waals surface area contributed by atoms with Gasteiger partial charge in [-0.2, -0.15) is 0 Å². The van der Waals surface area contributed by atoms with Crippen molar-refractivity contribution in [1.29, 1.82) is 0 Å². The highest BCUT2D eigenvalue weighted by atomic mass is 35.5. The Labute approximate surface area is 113 Å². The Morgan fingerprint density at radius 2 is 1.94 bits per heavy atom. The maximum atomic E-state index is 5.93. The van der Waals surface area contributed by atoms with Gasteiger partial charge in [0.1, 0.15) is 0 Å². The van der Waals surface area contributed by atoms with E-state index in [1.807, 2.05) is 24.4 Å². The molecule has 2 aromatic rings. The molecule has 1 unspecified atom stereocenters. The highest BCUT2D eigenvalue weighted by Gasteiger charge is 2.16. The summed E-state index contributed by atoms with van der Waals surface area (Å²) < 4.78 is 0. The van der Waals surface area contributed by atoms with E-state index in [-0.39, 0.29) is 5.92 Å². The average Bonchev–Trinajstić information content (AvgIpc) is 2.38.